The van der Waals surface area contributed by atoms with Crippen LogP contribution < -0.4 is 4.74 Å². The summed E-state index contributed by atoms with van der Waals surface area (Å²) in [6, 6.07) is 5.96. The topological polar surface area (TPSA) is 29.5 Å². The van der Waals surface area contributed by atoms with Gasteiger partial charge >= 0.3 is 0 Å². The molecule has 0 amide bonds. The number of halogens is 1. The van der Waals surface area contributed by atoms with E-state index in [4.69, 9.17) is 16.3 Å². The Morgan fingerprint density at radius 2 is 1.95 bits per heavy atom. The zero-order valence-corrected chi connectivity index (χ0v) is 13.3. The van der Waals surface area contributed by atoms with Crippen LogP contribution in [0.4, 0.5) is 0 Å². The van der Waals surface area contributed by atoms with Crippen LogP contribution in [0.15, 0.2) is 18.2 Å². The highest BCUT2D eigenvalue weighted by Gasteiger charge is 2.25. The number of aliphatic hydroxyl groups excluding tert-OH is 1. The van der Waals surface area contributed by atoms with Crippen molar-refractivity contribution in [3.8, 4) is 5.75 Å². The predicted octanol–water partition coefficient (Wildman–Crippen LogP) is 4.30. The maximum absolute atomic E-state index is 10.8. The van der Waals surface area contributed by atoms with Gasteiger partial charge in [0.1, 0.15) is 11.9 Å². The molecule has 0 fully saturated rings. The van der Waals surface area contributed by atoms with Gasteiger partial charge in [-0.2, -0.15) is 0 Å². The zero-order chi connectivity index (χ0) is 14.4. The van der Waals surface area contributed by atoms with Crippen molar-refractivity contribution in [2.24, 2.45) is 0 Å². The molecule has 2 aromatic rings. The van der Waals surface area contributed by atoms with Crippen molar-refractivity contribution in [1.82, 2.24) is 0 Å². The van der Waals surface area contributed by atoms with Crippen LogP contribution >= 0.6 is 22.9 Å². The molecule has 1 atom stereocenters. The molecule has 2 heterocycles. The highest BCUT2D eigenvalue weighted by molar-refractivity contribution is 7.12. The van der Waals surface area contributed by atoms with E-state index in [1.807, 2.05) is 12.1 Å². The molecule has 1 unspecified atom stereocenters. The highest BCUT2D eigenvalue weighted by Crippen LogP contribution is 2.41. The van der Waals surface area contributed by atoms with Crippen molar-refractivity contribution in [3.05, 3.63) is 49.7 Å². The summed E-state index contributed by atoms with van der Waals surface area (Å²) in [5, 5.41) is 11.5. The van der Waals surface area contributed by atoms with E-state index in [9.17, 15) is 5.11 Å². The summed E-state index contributed by atoms with van der Waals surface area (Å²) in [6.07, 6.45) is 5.05. The molecule has 2 nitrogen and oxygen atoms in total. The summed E-state index contributed by atoms with van der Waals surface area (Å²) in [5.41, 5.74) is 3.34. The first-order chi connectivity index (χ1) is 10.2. The van der Waals surface area contributed by atoms with Crippen LogP contribution in [0.1, 0.15) is 45.4 Å². The molecule has 1 aliphatic carbocycles. The summed E-state index contributed by atoms with van der Waals surface area (Å²) in [6.45, 7) is 0.677. The average Bonchev–Trinajstić information content (AvgIpc) is 3.11. The number of hydrogen-bond acceptors (Lipinski definition) is 3. The van der Waals surface area contributed by atoms with E-state index >= 15 is 0 Å². The Balaban J connectivity index is 1.75. The van der Waals surface area contributed by atoms with Crippen molar-refractivity contribution in [2.75, 3.05) is 6.61 Å². The second-order valence-electron chi connectivity index (χ2n) is 5.79. The van der Waals surface area contributed by atoms with E-state index in [1.165, 1.54) is 23.3 Å². The van der Waals surface area contributed by atoms with Crippen molar-refractivity contribution >= 4 is 22.9 Å². The lowest BCUT2D eigenvalue weighted by Gasteiger charge is -2.14. The summed E-state index contributed by atoms with van der Waals surface area (Å²) >= 11 is 7.94. The SMILES string of the molecule is OC(c1cc2c(s1)CCCC2)c1cc(Cl)cc2c1OCC2. The molecule has 0 saturated carbocycles. The summed E-state index contributed by atoms with van der Waals surface area (Å²) in [5.74, 6) is 0.832. The fraction of sp³-hybridized carbons (Fsp3) is 0.412. The molecule has 21 heavy (non-hydrogen) atoms. The Morgan fingerprint density at radius 1 is 1.10 bits per heavy atom. The van der Waals surface area contributed by atoms with Crippen molar-refractivity contribution in [3.63, 3.8) is 0 Å². The third kappa shape index (κ3) is 2.37. The van der Waals surface area contributed by atoms with E-state index in [-0.39, 0.29) is 0 Å². The third-order valence-corrected chi connectivity index (χ3v) is 5.86. The molecule has 0 bridgehead atoms. The second kappa shape index (κ2) is 5.31. The zero-order valence-electron chi connectivity index (χ0n) is 11.7. The van der Waals surface area contributed by atoms with Crippen LogP contribution in [0.25, 0.3) is 0 Å². The van der Waals surface area contributed by atoms with Gasteiger partial charge < -0.3 is 9.84 Å². The molecule has 0 radical (unpaired) electrons. The van der Waals surface area contributed by atoms with Gasteiger partial charge in [0.25, 0.3) is 0 Å². The molecule has 1 N–H and O–H groups in total. The summed E-state index contributed by atoms with van der Waals surface area (Å²) < 4.78 is 5.72. The Hall–Kier alpha value is -1.03. The number of benzene rings is 1. The summed E-state index contributed by atoms with van der Waals surface area (Å²) in [7, 11) is 0. The first-order valence-electron chi connectivity index (χ1n) is 7.47. The molecule has 1 aliphatic heterocycles. The lowest BCUT2D eigenvalue weighted by Crippen LogP contribution is -2.00. The van der Waals surface area contributed by atoms with Crippen LogP contribution in [0, 0.1) is 0 Å². The summed E-state index contributed by atoms with van der Waals surface area (Å²) in [4.78, 5) is 2.46. The lowest BCUT2D eigenvalue weighted by molar-refractivity contribution is 0.217. The van der Waals surface area contributed by atoms with E-state index in [0.29, 0.717) is 11.6 Å². The minimum Gasteiger partial charge on any atom is -0.493 e. The van der Waals surface area contributed by atoms with E-state index in [1.54, 1.807) is 11.3 Å². The van der Waals surface area contributed by atoms with E-state index < -0.39 is 6.10 Å². The van der Waals surface area contributed by atoms with Crippen LogP contribution in [-0.2, 0) is 19.3 Å². The number of rotatable bonds is 2. The normalized spacial score (nSPS) is 18.0. The maximum atomic E-state index is 10.8. The van der Waals surface area contributed by atoms with Gasteiger partial charge in [-0.15, -0.1) is 11.3 Å². The average molecular weight is 321 g/mol. The Bertz CT molecular complexity index is 669. The standard InChI is InChI=1S/C17H17ClO2S/c18-12-7-11-5-6-20-17(11)13(9-12)16(19)15-8-10-3-1-2-4-14(10)21-15/h7-9,16,19H,1-6H2. The number of aliphatic hydroxyl groups is 1. The molecule has 4 rings (SSSR count). The number of ether oxygens (including phenoxy) is 1. The van der Waals surface area contributed by atoms with Crippen molar-refractivity contribution in [2.45, 2.75) is 38.2 Å². The largest absolute Gasteiger partial charge is 0.493 e. The first kappa shape index (κ1) is 13.6. The highest BCUT2D eigenvalue weighted by atomic mass is 35.5. The van der Waals surface area contributed by atoms with Gasteiger partial charge in [0.2, 0.25) is 0 Å². The van der Waals surface area contributed by atoms with Gasteiger partial charge in [-0.1, -0.05) is 11.6 Å². The minimum absolute atomic E-state index is 0.633. The molecule has 4 heteroatoms. The van der Waals surface area contributed by atoms with Gasteiger partial charge in [-0.3, -0.25) is 0 Å². The minimum atomic E-state index is -0.633. The smallest absolute Gasteiger partial charge is 0.128 e. The number of fused-ring (bicyclic) bond motifs is 2. The first-order valence-corrected chi connectivity index (χ1v) is 8.66. The molecule has 1 aromatic carbocycles. The molecule has 2 aliphatic rings. The maximum Gasteiger partial charge on any atom is 0.128 e. The quantitative estimate of drug-likeness (QED) is 0.894. The van der Waals surface area contributed by atoms with Gasteiger partial charge in [0.15, 0.2) is 0 Å². The molecular weight excluding hydrogens is 304 g/mol. The number of aryl methyl sites for hydroxylation is 2. The predicted molar refractivity (Wildman–Crippen MR) is 85.7 cm³/mol. The monoisotopic (exact) mass is 320 g/mol. The Kier molecular flexibility index (Phi) is 3.44. The Morgan fingerprint density at radius 3 is 2.81 bits per heavy atom. The van der Waals surface area contributed by atoms with Crippen molar-refractivity contribution < 1.29 is 9.84 Å². The third-order valence-electron chi connectivity index (χ3n) is 4.36. The molecule has 0 saturated heterocycles. The second-order valence-corrected chi connectivity index (χ2v) is 7.39. The van der Waals surface area contributed by atoms with Crippen LogP contribution in [-0.4, -0.2) is 11.7 Å². The van der Waals surface area contributed by atoms with Crippen LogP contribution in [0.3, 0.4) is 0 Å². The van der Waals surface area contributed by atoms with E-state index in [2.05, 4.69) is 6.07 Å². The Labute approximate surface area is 133 Å². The molecule has 0 spiro atoms. The van der Waals surface area contributed by atoms with Gasteiger partial charge in [0.05, 0.1) is 6.61 Å². The van der Waals surface area contributed by atoms with Crippen molar-refractivity contribution in [1.29, 1.82) is 0 Å². The van der Waals surface area contributed by atoms with Gasteiger partial charge in [0, 0.05) is 26.8 Å². The van der Waals surface area contributed by atoms with Crippen LogP contribution in [0.2, 0.25) is 5.02 Å². The number of thiophene rings is 1. The van der Waals surface area contributed by atoms with E-state index in [0.717, 1.165) is 41.0 Å². The fourth-order valence-corrected chi connectivity index (χ4v) is 4.81. The molecular formula is C17H17ClO2S. The molecule has 1 aromatic heterocycles. The number of hydrogen-bond donors (Lipinski definition) is 1. The van der Waals surface area contributed by atoms with Gasteiger partial charge in [-0.05, 0) is 55.0 Å². The lowest BCUT2D eigenvalue weighted by atomic mass is 9.97. The van der Waals surface area contributed by atoms with Crippen LogP contribution in [0.5, 0.6) is 5.75 Å². The fourth-order valence-electron chi connectivity index (χ4n) is 3.30. The molecule has 110 valence electrons. The van der Waals surface area contributed by atoms with Gasteiger partial charge in [-0.25, -0.2) is 0 Å².